The maximum Gasteiger partial charge on any atom is 0.341 e. The molecule has 8 atom stereocenters. The molecule has 0 aromatic heterocycles. The average Bonchev–Trinajstić information content (AvgIpc) is 3.58. The predicted octanol–water partition coefficient (Wildman–Crippen LogP) is 0.361. The summed E-state index contributed by atoms with van der Waals surface area (Å²) in [4.78, 5) is 37.5. The molecule has 0 unspecified atom stereocenters. The standard InChI is InChI=1S/C21H24O9/c1-8-6-12-14(9(2)18(23)28-12)17(29-20(25)21(4)10(3)30-21)15(22)11(19(24)26-5)7-13-16(8)27-13/h6-7,10,12-17,22H,2H2,1,3-5H3/b8-6-,11-7+/t10-,12+,13+,14+,15+,16-,17-,21+/m1/s1. The van der Waals surface area contributed by atoms with Crippen molar-refractivity contribution in [2.75, 3.05) is 7.11 Å². The lowest BCUT2D eigenvalue weighted by molar-refractivity contribution is -0.165. The minimum Gasteiger partial charge on any atom is -0.466 e. The molecule has 3 heterocycles. The zero-order chi connectivity index (χ0) is 22.0. The van der Waals surface area contributed by atoms with E-state index >= 15 is 0 Å². The Morgan fingerprint density at radius 3 is 2.53 bits per heavy atom. The van der Waals surface area contributed by atoms with E-state index < -0.39 is 53.8 Å². The number of esters is 3. The van der Waals surface area contributed by atoms with Crippen LogP contribution < -0.4 is 0 Å². The van der Waals surface area contributed by atoms with Gasteiger partial charge in [0, 0.05) is 5.57 Å². The van der Waals surface area contributed by atoms with Gasteiger partial charge in [0.25, 0.3) is 0 Å². The van der Waals surface area contributed by atoms with Crippen molar-refractivity contribution in [2.24, 2.45) is 5.92 Å². The van der Waals surface area contributed by atoms with Gasteiger partial charge in [-0.15, -0.1) is 0 Å². The molecule has 0 radical (unpaired) electrons. The number of fused-ring (bicyclic) bond motifs is 2. The second-order valence-corrected chi connectivity index (χ2v) is 8.15. The first kappa shape index (κ1) is 20.8. The Labute approximate surface area is 173 Å². The fourth-order valence-corrected chi connectivity index (χ4v) is 3.98. The second kappa shape index (κ2) is 7.04. The highest BCUT2D eigenvalue weighted by molar-refractivity contribution is 5.93. The van der Waals surface area contributed by atoms with Crippen molar-refractivity contribution in [3.63, 3.8) is 0 Å². The van der Waals surface area contributed by atoms with Crippen LogP contribution in [-0.2, 0) is 38.1 Å². The van der Waals surface area contributed by atoms with Crippen LogP contribution in [0.15, 0.2) is 35.5 Å². The summed E-state index contributed by atoms with van der Waals surface area (Å²) in [6, 6.07) is 0. The molecule has 0 aromatic carbocycles. The van der Waals surface area contributed by atoms with E-state index in [1.165, 1.54) is 13.2 Å². The van der Waals surface area contributed by atoms with E-state index in [0.29, 0.717) is 0 Å². The van der Waals surface area contributed by atoms with Crippen molar-refractivity contribution in [2.45, 2.75) is 63.0 Å². The molecule has 4 rings (SSSR count). The summed E-state index contributed by atoms with van der Waals surface area (Å²) in [5.74, 6) is -3.09. The van der Waals surface area contributed by atoms with E-state index in [0.717, 1.165) is 5.57 Å². The number of aliphatic hydroxyl groups excluding tert-OH is 1. The van der Waals surface area contributed by atoms with Crippen molar-refractivity contribution in [3.8, 4) is 0 Å². The third-order valence-electron chi connectivity index (χ3n) is 6.20. The van der Waals surface area contributed by atoms with Crippen molar-refractivity contribution in [3.05, 3.63) is 35.5 Å². The fraction of sp³-hybridized carbons (Fsp3) is 0.571. The largest absolute Gasteiger partial charge is 0.466 e. The number of hydrogen-bond donors (Lipinski definition) is 1. The first-order valence-electron chi connectivity index (χ1n) is 9.69. The van der Waals surface area contributed by atoms with Crippen LogP contribution in [0, 0.1) is 5.92 Å². The normalized spacial score (nSPS) is 45.6. The summed E-state index contributed by atoms with van der Waals surface area (Å²) in [6.07, 6.45) is -1.75. The number of epoxide rings is 2. The van der Waals surface area contributed by atoms with Crippen LogP contribution >= 0.6 is 0 Å². The van der Waals surface area contributed by atoms with E-state index in [2.05, 4.69) is 6.58 Å². The number of methoxy groups -OCH3 is 1. The van der Waals surface area contributed by atoms with E-state index in [1.54, 1.807) is 19.9 Å². The highest BCUT2D eigenvalue weighted by Crippen LogP contribution is 2.42. The van der Waals surface area contributed by atoms with Crippen LogP contribution in [0.2, 0.25) is 0 Å². The van der Waals surface area contributed by atoms with Gasteiger partial charge in [-0.1, -0.05) is 6.58 Å². The predicted molar refractivity (Wildman–Crippen MR) is 99.9 cm³/mol. The molecule has 0 amide bonds. The summed E-state index contributed by atoms with van der Waals surface area (Å²) < 4.78 is 26.8. The summed E-state index contributed by atoms with van der Waals surface area (Å²) in [5, 5.41) is 11.1. The molecule has 0 spiro atoms. The second-order valence-electron chi connectivity index (χ2n) is 8.15. The zero-order valence-corrected chi connectivity index (χ0v) is 17.1. The Kier molecular flexibility index (Phi) is 4.87. The van der Waals surface area contributed by atoms with Crippen LogP contribution in [0.1, 0.15) is 20.8 Å². The van der Waals surface area contributed by atoms with Crippen LogP contribution in [-0.4, -0.2) is 72.3 Å². The molecule has 0 bridgehead atoms. The van der Waals surface area contributed by atoms with Gasteiger partial charge in [0.2, 0.25) is 0 Å². The minimum absolute atomic E-state index is 0.0360. The van der Waals surface area contributed by atoms with E-state index in [-0.39, 0.29) is 23.4 Å². The molecule has 0 aromatic rings. The van der Waals surface area contributed by atoms with Crippen molar-refractivity contribution >= 4 is 17.9 Å². The SMILES string of the molecule is C=C1C(=O)O[C@H]2/C=C(/C)[C@H]3O[C@H]3/C=C(/C(=O)OC)[C@H](O)[C@H](OC(=O)[C@@]3(C)O[C@@H]3C)[C@@H]12. The monoisotopic (exact) mass is 420 g/mol. The smallest absolute Gasteiger partial charge is 0.341 e. The molecular formula is C21H24O9. The Balaban J connectivity index is 1.77. The summed E-state index contributed by atoms with van der Waals surface area (Å²) in [5.41, 5.74) is -0.473. The fourth-order valence-electron chi connectivity index (χ4n) is 3.98. The molecule has 162 valence electrons. The number of carbonyl (C=O) groups is 3. The number of carbonyl (C=O) groups excluding carboxylic acids is 3. The van der Waals surface area contributed by atoms with Gasteiger partial charge in [0.15, 0.2) is 5.60 Å². The highest BCUT2D eigenvalue weighted by Gasteiger charge is 2.59. The van der Waals surface area contributed by atoms with Crippen molar-refractivity contribution < 1.29 is 43.2 Å². The molecule has 4 aliphatic rings. The molecule has 0 saturated carbocycles. The molecule has 30 heavy (non-hydrogen) atoms. The van der Waals surface area contributed by atoms with Crippen LogP contribution in [0.4, 0.5) is 0 Å². The molecule has 9 heteroatoms. The Morgan fingerprint density at radius 1 is 1.27 bits per heavy atom. The molecular weight excluding hydrogens is 396 g/mol. The molecule has 3 saturated heterocycles. The van der Waals surface area contributed by atoms with E-state index in [4.69, 9.17) is 23.7 Å². The lowest BCUT2D eigenvalue weighted by Crippen LogP contribution is -2.46. The Bertz CT molecular complexity index is 887. The molecule has 3 fully saturated rings. The maximum absolute atomic E-state index is 12.8. The third-order valence-corrected chi connectivity index (χ3v) is 6.20. The van der Waals surface area contributed by atoms with Crippen LogP contribution in [0.25, 0.3) is 0 Å². The van der Waals surface area contributed by atoms with Crippen molar-refractivity contribution in [1.82, 2.24) is 0 Å². The molecule has 1 N–H and O–H groups in total. The third kappa shape index (κ3) is 3.27. The lowest BCUT2D eigenvalue weighted by Gasteiger charge is -2.31. The van der Waals surface area contributed by atoms with Gasteiger partial charge in [-0.05, 0) is 38.5 Å². The number of ether oxygens (including phenoxy) is 5. The lowest BCUT2D eigenvalue weighted by atomic mass is 9.83. The molecule has 3 aliphatic heterocycles. The molecule has 1 aliphatic carbocycles. The Morgan fingerprint density at radius 2 is 1.93 bits per heavy atom. The summed E-state index contributed by atoms with van der Waals surface area (Å²) in [6.45, 7) is 8.86. The van der Waals surface area contributed by atoms with Gasteiger partial charge in [0.05, 0.1) is 24.7 Å². The Hall–Kier alpha value is -2.49. The number of aliphatic hydroxyl groups is 1. The van der Waals surface area contributed by atoms with E-state index in [9.17, 15) is 19.5 Å². The highest BCUT2D eigenvalue weighted by atomic mass is 16.7. The van der Waals surface area contributed by atoms with Gasteiger partial charge >= 0.3 is 17.9 Å². The zero-order valence-electron chi connectivity index (χ0n) is 17.1. The summed E-state index contributed by atoms with van der Waals surface area (Å²) >= 11 is 0. The van der Waals surface area contributed by atoms with Gasteiger partial charge in [-0.2, -0.15) is 0 Å². The average molecular weight is 420 g/mol. The van der Waals surface area contributed by atoms with Crippen molar-refractivity contribution in [1.29, 1.82) is 0 Å². The van der Waals surface area contributed by atoms with Gasteiger partial charge in [-0.25, -0.2) is 14.4 Å². The first-order valence-corrected chi connectivity index (χ1v) is 9.69. The topological polar surface area (TPSA) is 124 Å². The maximum atomic E-state index is 12.8. The summed E-state index contributed by atoms with van der Waals surface area (Å²) in [7, 11) is 1.18. The van der Waals surface area contributed by atoms with Crippen LogP contribution in [0.5, 0.6) is 0 Å². The number of rotatable bonds is 3. The quantitative estimate of drug-likeness (QED) is 0.227. The first-order chi connectivity index (χ1) is 14.1. The minimum atomic E-state index is -1.60. The number of hydrogen-bond acceptors (Lipinski definition) is 9. The molecule has 9 nitrogen and oxygen atoms in total. The van der Waals surface area contributed by atoms with E-state index in [1.807, 2.05) is 6.92 Å². The van der Waals surface area contributed by atoms with Crippen LogP contribution in [0.3, 0.4) is 0 Å². The van der Waals surface area contributed by atoms with Gasteiger partial charge in [0.1, 0.15) is 30.5 Å². The van der Waals surface area contributed by atoms with Gasteiger partial charge in [-0.3, -0.25) is 0 Å². The van der Waals surface area contributed by atoms with Gasteiger partial charge < -0.3 is 28.8 Å².